The maximum atomic E-state index is 12.7. The molecule has 1 heterocycles. The molecule has 7 heteroatoms. The van der Waals surface area contributed by atoms with Gasteiger partial charge in [-0.3, -0.25) is 4.79 Å². The molecule has 128 valence electrons. The fraction of sp³-hybridized carbons (Fsp3) is 0.562. The van der Waals surface area contributed by atoms with Crippen LogP contribution < -0.4 is 4.90 Å². The molecular weight excluding hydrogens is 316 g/mol. The molecule has 1 aromatic rings. The fourth-order valence-corrected chi connectivity index (χ4v) is 4.22. The Balaban J connectivity index is 2.04. The monoisotopic (exact) mass is 340 g/mol. The van der Waals surface area contributed by atoms with Gasteiger partial charge in [0.05, 0.1) is 18.3 Å². The first-order valence-corrected chi connectivity index (χ1v) is 9.36. The third-order valence-electron chi connectivity index (χ3n) is 4.15. The summed E-state index contributed by atoms with van der Waals surface area (Å²) in [4.78, 5) is 14.3. The van der Waals surface area contributed by atoms with E-state index in [1.165, 1.54) is 11.4 Å². The molecule has 0 aliphatic carbocycles. The van der Waals surface area contributed by atoms with E-state index in [4.69, 9.17) is 4.74 Å². The Morgan fingerprint density at radius 2 is 2.04 bits per heavy atom. The van der Waals surface area contributed by atoms with Crippen molar-refractivity contribution in [1.82, 2.24) is 4.31 Å². The second-order valence-corrected chi connectivity index (χ2v) is 7.83. The van der Waals surface area contributed by atoms with E-state index < -0.39 is 10.0 Å². The van der Waals surface area contributed by atoms with Crippen LogP contribution in [0.5, 0.6) is 0 Å². The Morgan fingerprint density at radius 1 is 1.35 bits per heavy atom. The fourth-order valence-electron chi connectivity index (χ4n) is 2.77. The number of ether oxygens (including phenoxy) is 1. The van der Waals surface area contributed by atoms with Gasteiger partial charge in [0.2, 0.25) is 15.9 Å². The van der Waals surface area contributed by atoms with Gasteiger partial charge in [-0.05, 0) is 25.0 Å². The van der Waals surface area contributed by atoms with E-state index in [1.807, 2.05) is 30.3 Å². The number of anilines is 1. The van der Waals surface area contributed by atoms with Crippen molar-refractivity contribution in [3.63, 3.8) is 0 Å². The van der Waals surface area contributed by atoms with Crippen molar-refractivity contribution in [2.75, 3.05) is 44.5 Å². The molecule has 0 bridgehead atoms. The maximum Gasteiger partial charge on any atom is 0.231 e. The zero-order valence-electron chi connectivity index (χ0n) is 13.6. The second-order valence-electron chi connectivity index (χ2n) is 5.74. The summed E-state index contributed by atoms with van der Waals surface area (Å²) in [7, 11) is -0.153. The van der Waals surface area contributed by atoms with Gasteiger partial charge in [-0.1, -0.05) is 18.2 Å². The van der Waals surface area contributed by atoms with Crippen LogP contribution in [0.2, 0.25) is 0 Å². The Labute approximate surface area is 138 Å². The topological polar surface area (TPSA) is 66.9 Å². The number of carbonyl (C=O) groups excluding carboxylic acids is 1. The molecule has 1 amide bonds. The van der Waals surface area contributed by atoms with Crippen LogP contribution >= 0.6 is 0 Å². The Hall–Kier alpha value is -1.44. The number of para-hydroxylation sites is 1. The van der Waals surface area contributed by atoms with E-state index in [0.29, 0.717) is 19.4 Å². The predicted octanol–water partition coefficient (Wildman–Crippen LogP) is 1.34. The highest BCUT2D eigenvalue weighted by molar-refractivity contribution is 7.89. The average Bonchev–Trinajstić information content (AvgIpc) is 2.59. The van der Waals surface area contributed by atoms with E-state index in [1.54, 1.807) is 11.9 Å². The standard InChI is InChI=1S/C16H24N2O4S/c1-17(15-8-4-3-5-9-15)16(19)14-7-6-10-18(13-14)23(20,21)12-11-22-2/h3-5,8-9,14H,6-7,10-13H2,1-2H3. The summed E-state index contributed by atoms with van der Waals surface area (Å²) >= 11 is 0. The quantitative estimate of drug-likeness (QED) is 0.784. The lowest BCUT2D eigenvalue weighted by atomic mass is 9.98. The van der Waals surface area contributed by atoms with Crippen LogP contribution in [0.15, 0.2) is 30.3 Å². The van der Waals surface area contributed by atoms with Crippen LogP contribution in [-0.2, 0) is 19.6 Å². The van der Waals surface area contributed by atoms with Gasteiger partial charge >= 0.3 is 0 Å². The normalized spacial score (nSPS) is 19.5. The van der Waals surface area contributed by atoms with Crippen LogP contribution in [0.3, 0.4) is 0 Å². The van der Waals surface area contributed by atoms with Crippen molar-refractivity contribution in [1.29, 1.82) is 0 Å². The summed E-state index contributed by atoms with van der Waals surface area (Å²) in [5.41, 5.74) is 0.817. The number of nitrogens with zero attached hydrogens (tertiary/aromatic N) is 2. The van der Waals surface area contributed by atoms with E-state index >= 15 is 0 Å². The average molecular weight is 340 g/mol. The highest BCUT2D eigenvalue weighted by Crippen LogP contribution is 2.23. The molecule has 1 fully saturated rings. The molecule has 0 aromatic heterocycles. The molecule has 0 spiro atoms. The first-order valence-electron chi connectivity index (χ1n) is 7.75. The maximum absolute atomic E-state index is 12.7. The van der Waals surface area contributed by atoms with Gasteiger partial charge in [-0.25, -0.2) is 12.7 Å². The summed E-state index contributed by atoms with van der Waals surface area (Å²) in [6.45, 7) is 0.897. The van der Waals surface area contributed by atoms with Crippen LogP contribution in [0.1, 0.15) is 12.8 Å². The number of methoxy groups -OCH3 is 1. The first kappa shape index (κ1) is 17.9. The zero-order valence-corrected chi connectivity index (χ0v) is 14.5. The largest absolute Gasteiger partial charge is 0.384 e. The highest BCUT2D eigenvalue weighted by atomic mass is 32.2. The third kappa shape index (κ3) is 4.53. The minimum atomic E-state index is -3.36. The van der Waals surface area contributed by atoms with E-state index in [-0.39, 0.29) is 30.7 Å². The van der Waals surface area contributed by atoms with Crippen molar-refractivity contribution in [3.8, 4) is 0 Å². The highest BCUT2D eigenvalue weighted by Gasteiger charge is 2.33. The number of piperidine rings is 1. The smallest absolute Gasteiger partial charge is 0.231 e. The van der Waals surface area contributed by atoms with E-state index in [2.05, 4.69) is 0 Å². The van der Waals surface area contributed by atoms with Gasteiger partial charge in [0.25, 0.3) is 0 Å². The van der Waals surface area contributed by atoms with Crippen LogP contribution in [0, 0.1) is 5.92 Å². The second kappa shape index (κ2) is 7.90. The number of amides is 1. The minimum absolute atomic E-state index is 0.0390. The predicted molar refractivity (Wildman–Crippen MR) is 89.8 cm³/mol. The number of hydrogen-bond donors (Lipinski definition) is 0. The van der Waals surface area contributed by atoms with Crippen molar-refractivity contribution in [2.24, 2.45) is 5.92 Å². The number of rotatable bonds is 6. The summed E-state index contributed by atoms with van der Waals surface area (Å²) in [6, 6.07) is 9.39. The Bertz CT molecular complexity index is 618. The van der Waals surface area contributed by atoms with Gasteiger partial charge in [-0.15, -0.1) is 0 Å². The lowest BCUT2D eigenvalue weighted by Crippen LogP contribution is -2.46. The molecule has 2 rings (SSSR count). The van der Waals surface area contributed by atoms with Crippen LogP contribution in [0.25, 0.3) is 0 Å². The Kier molecular flexibility index (Phi) is 6.15. The van der Waals surface area contributed by atoms with Crippen molar-refractivity contribution in [2.45, 2.75) is 12.8 Å². The number of carbonyl (C=O) groups is 1. The Morgan fingerprint density at radius 3 is 2.70 bits per heavy atom. The van der Waals surface area contributed by atoms with Crippen molar-refractivity contribution in [3.05, 3.63) is 30.3 Å². The third-order valence-corrected chi connectivity index (χ3v) is 5.95. The number of sulfonamides is 1. The number of benzene rings is 1. The van der Waals surface area contributed by atoms with Gasteiger partial charge in [0, 0.05) is 32.9 Å². The van der Waals surface area contributed by atoms with Crippen LogP contribution in [0.4, 0.5) is 5.69 Å². The molecule has 1 aliphatic heterocycles. The summed E-state index contributed by atoms with van der Waals surface area (Å²) in [5, 5.41) is 0. The lowest BCUT2D eigenvalue weighted by molar-refractivity contribution is -0.123. The molecule has 0 N–H and O–H groups in total. The summed E-state index contributed by atoms with van der Waals surface area (Å²) < 4.78 is 30.8. The molecular formula is C16H24N2O4S. The molecule has 6 nitrogen and oxygen atoms in total. The molecule has 0 saturated carbocycles. The van der Waals surface area contributed by atoms with E-state index in [9.17, 15) is 13.2 Å². The van der Waals surface area contributed by atoms with Gasteiger partial charge < -0.3 is 9.64 Å². The van der Waals surface area contributed by atoms with Crippen molar-refractivity contribution < 1.29 is 17.9 Å². The van der Waals surface area contributed by atoms with E-state index in [0.717, 1.165) is 5.69 Å². The molecule has 1 saturated heterocycles. The first-order chi connectivity index (χ1) is 11.0. The van der Waals surface area contributed by atoms with Gasteiger partial charge in [0.15, 0.2) is 0 Å². The molecule has 1 aliphatic rings. The summed E-state index contributed by atoms with van der Waals surface area (Å²) in [6.07, 6.45) is 1.41. The lowest BCUT2D eigenvalue weighted by Gasteiger charge is -2.33. The van der Waals surface area contributed by atoms with Gasteiger partial charge in [-0.2, -0.15) is 0 Å². The number of hydrogen-bond acceptors (Lipinski definition) is 4. The van der Waals surface area contributed by atoms with Gasteiger partial charge in [0.1, 0.15) is 0 Å². The summed E-state index contributed by atoms with van der Waals surface area (Å²) in [5.74, 6) is -0.382. The zero-order chi connectivity index (χ0) is 16.9. The molecule has 1 aromatic carbocycles. The molecule has 1 atom stereocenters. The van der Waals surface area contributed by atoms with Crippen molar-refractivity contribution >= 4 is 21.6 Å². The van der Waals surface area contributed by atoms with Crippen LogP contribution in [-0.4, -0.2) is 58.2 Å². The minimum Gasteiger partial charge on any atom is -0.384 e. The molecule has 1 unspecified atom stereocenters. The SMILES string of the molecule is COCCS(=O)(=O)N1CCCC(C(=O)N(C)c2ccccc2)C1. The molecule has 0 radical (unpaired) electrons. The molecule has 23 heavy (non-hydrogen) atoms.